The zero-order valence-electron chi connectivity index (χ0n) is 19.4. The fourth-order valence-corrected chi connectivity index (χ4v) is 4.89. The number of benzene rings is 3. The molecule has 4 aromatic rings. The second-order valence-corrected chi connectivity index (χ2v) is 9.29. The number of ether oxygens (including phenoxy) is 1. The number of aromatic amines is 1. The van der Waals surface area contributed by atoms with Crippen molar-refractivity contribution in [2.75, 3.05) is 0 Å². The topological polar surface area (TPSA) is 133 Å². The fourth-order valence-electron chi connectivity index (χ4n) is 3.73. The lowest BCUT2D eigenvalue weighted by Gasteiger charge is -2.16. The molecule has 1 aromatic heterocycles. The Hall–Kier alpha value is -3.89. The number of H-pyrrole nitrogens is 1. The molecule has 9 nitrogen and oxygen atoms in total. The number of carbonyl (C=O) groups excluding carboxylic acids is 1. The van der Waals surface area contributed by atoms with E-state index in [4.69, 9.17) is 15.5 Å². The molecular weight excluding hydrogens is 466 g/mol. The van der Waals surface area contributed by atoms with Crippen LogP contribution < -0.4 is 15.5 Å². The van der Waals surface area contributed by atoms with Crippen LogP contribution in [0.4, 0.5) is 0 Å². The number of hydrogen-bond donors (Lipinski definition) is 2. The second kappa shape index (κ2) is 11.0. The Morgan fingerprint density at radius 3 is 2.54 bits per heavy atom. The zero-order chi connectivity index (χ0) is 24.8. The highest BCUT2D eigenvalue weighted by Crippen LogP contribution is 2.34. The molecule has 0 amide bonds. The van der Waals surface area contributed by atoms with E-state index in [0.717, 1.165) is 23.1 Å². The van der Waals surface area contributed by atoms with E-state index >= 15 is 0 Å². The van der Waals surface area contributed by atoms with Gasteiger partial charge in [-0.1, -0.05) is 37.6 Å². The van der Waals surface area contributed by atoms with Crippen molar-refractivity contribution in [3.8, 4) is 22.9 Å². The lowest BCUT2D eigenvalue weighted by atomic mass is 10.0. The Kier molecular flexibility index (Phi) is 7.64. The van der Waals surface area contributed by atoms with Gasteiger partial charge in [-0.3, -0.25) is 4.79 Å². The van der Waals surface area contributed by atoms with Crippen molar-refractivity contribution in [3.63, 3.8) is 0 Å². The molecule has 0 radical (unpaired) electrons. The average molecular weight is 492 g/mol. The molecule has 0 saturated carbocycles. The van der Waals surface area contributed by atoms with Crippen molar-refractivity contribution < 1.29 is 18.6 Å². The summed E-state index contributed by atoms with van der Waals surface area (Å²) in [5, 5.41) is 13.9. The summed E-state index contributed by atoms with van der Waals surface area (Å²) >= 11 is 0. The first-order valence-electron chi connectivity index (χ1n) is 11.0. The van der Waals surface area contributed by atoms with Gasteiger partial charge < -0.3 is 9.57 Å². The smallest absolute Gasteiger partial charge is 0.204 e. The normalized spacial score (nSPS) is 11.7. The number of carbonyl (C=O) groups is 1. The summed E-state index contributed by atoms with van der Waals surface area (Å²) in [5.41, 5.74) is 2.74. The van der Waals surface area contributed by atoms with E-state index < -0.39 is 10.8 Å². The maximum Gasteiger partial charge on any atom is 0.204 e. The molecule has 10 heteroatoms. The van der Waals surface area contributed by atoms with Gasteiger partial charge in [0, 0.05) is 20.9 Å². The Morgan fingerprint density at radius 2 is 1.86 bits per heavy atom. The van der Waals surface area contributed by atoms with Crippen LogP contribution in [0.25, 0.3) is 11.4 Å². The van der Waals surface area contributed by atoms with E-state index in [2.05, 4.69) is 20.6 Å². The number of nitrogens with one attached hydrogen (secondary N) is 1. The third-order valence-corrected chi connectivity index (χ3v) is 6.74. The van der Waals surface area contributed by atoms with Gasteiger partial charge in [-0.2, -0.15) is 11.1 Å². The zero-order valence-corrected chi connectivity index (χ0v) is 20.2. The average Bonchev–Trinajstić information content (AvgIpc) is 3.43. The van der Waals surface area contributed by atoms with Gasteiger partial charge in [0.2, 0.25) is 5.82 Å². The number of nitrogens with zero attached hydrogens (tertiary/aromatic N) is 3. The van der Waals surface area contributed by atoms with Crippen LogP contribution in [0.2, 0.25) is 0 Å². The van der Waals surface area contributed by atoms with Crippen molar-refractivity contribution in [3.05, 3.63) is 77.4 Å². The van der Waals surface area contributed by atoms with Crippen LogP contribution in [-0.2, 0) is 23.8 Å². The summed E-state index contributed by atoms with van der Waals surface area (Å²) in [6.45, 7) is 3.74. The molecule has 0 bridgehead atoms. The molecule has 3 aromatic carbocycles. The third kappa shape index (κ3) is 5.44. The summed E-state index contributed by atoms with van der Waals surface area (Å²) in [5.74, 6) is 6.73. The third-order valence-electron chi connectivity index (χ3n) is 5.37. The van der Waals surface area contributed by atoms with Crippen LogP contribution in [0.5, 0.6) is 11.5 Å². The van der Waals surface area contributed by atoms with Gasteiger partial charge in [0.05, 0.1) is 16.4 Å². The van der Waals surface area contributed by atoms with Crippen LogP contribution in [-0.4, -0.2) is 30.6 Å². The Morgan fingerprint density at radius 1 is 1.09 bits per heavy atom. The minimum atomic E-state index is -1.41. The molecule has 0 saturated heterocycles. The Bertz CT molecular complexity index is 1360. The summed E-state index contributed by atoms with van der Waals surface area (Å²) in [7, 11) is -1.41. The molecule has 0 aliphatic heterocycles. The maximum absolute atomic E-state index is 13.3. The first-order valence-corrected chi connectivity index (χ1v) is 12.2. The van der Waals surface area contributed by atoms with Crippen LogP contribution in [0.1, 0.15) is 41.8 Å². The van der Waals surface area contributed by atoms with Gasteiger partial charge in [0.1, 0.15) is 12.4 Å². The molecule has 35 heavy (non-hydrogen) atoms. The van der Waals surface area contributed by atoms with E-state index in [1.807, 2.05) is 43.3 Å². The molecule has 1 atom stereocenters. The molecule has 180 valence electrons. The number of ketones is 1. The summed E-state index contributed by atoms with van der Waals surface area (Å²) in [6.07, 6.45) is 1.47. The lowest BCUT2D eigenvalue weighted by molar-refractivity contribution is 0.101. The Labute approximate surface area is 205 Å². The number of tetrazole rings is 1. The van der Waals surface area contributed by atoms with Gasteiger partial charge in [-0.25, -0.2) is 4.21 Å². The van der Waals surface area contributed by atoms with Crippen molar-refractivity contribution >= 4 is 16.6 Å². The number of rotatable bonds is 10. The van der Waals surface area contributed by atoms with Crippen molar-refractivity contribution in [1.82, 2.24) is 20.6 Å². The first kappa shape index (κ1) is 24.2. The summed E-state index contributed by atoms with van der Waals surface area (Å²) < 4.78 is 19.4. The second-order valence-electron chi connectivity index (χ2n) is 7.81. The van der Waals surface area contributed by atoms with E-state index in [0.29, 0.717) is 39.1 Å². The quantitative estimate of drug-likeness (QED) is 0.251. The number of aromatic nitrogens is 4. The SMILES string of the molecule is CCCc1c(OCc2cccc(S(=O)c3cccc(-c4nn[nH]n4)c3)c2)ccc(C(C)=O)c1ON. The fraction of sp³-hybridized carbons (Fsp3) is 0.200. The summed E-state index contributed by atoms with van der Waals surface area (Å²) in [6, 6.07) is 18.0. The molecule has 0 spiro atoms. The first-order chi connectivity index (χ1) is 17.0. The predicted octanol–water partition coefficient (Wildman–Crippen LogP) is 4.02. The van der Waals surface area contributed by atoms with Gasteiger partial charge >= 0.3 is 0 Å². The minimum Gasteiger partial charge on any atom is -0.488 e. The predicted molar refractivity (Wildman–Crippen MR) is 130 cm³/mol. The van der Waals surface area contributed by atoms with Crippen LogP contribution in [0.3, 0.4) is 0 Å². The molecule has 4 rings (SSSR count). The van der Waals surface area contributed by atoms with Gasteiger partial charge in [0.25, 0.3) is 0 Å². The van der Waals surface area contributed by atoms with Gasteiger partial charge in [-0.15, -0.1) is 10.2 Å². The highest BCUT2D eigenvalue weighted by Gasteiger charge is 2.18. The van der Waals surface area contributed by atoms with Crippen LogP contribution >= 0.6 is 0 Å². The number of nitrogens with two attached hydrogens (primary N) is 1. The highest BCUT2D eigenvalue weighted by molar-refractivity contribution is 7.85. The van der Waals surface area contributed by atoms with Gasteiger partial charge in [-0.05, 0) is 60.5 Å². The molecule has 0 fully saturated rings. The number of Topliss-reactive ketones (excluding diaryl/α,β-unsaturated/α-hetero) is 1. The van der Waals surface area contributed by atoms with Crippen molar-refractivity contribution in [2.45, 2.75) is 43.1 Å². The van der Waals surface area contributed by atoms with E-state index in [9.17, 15) is 9.00 Å². The Balaban J connectivity index is 1.55. The van der Waals surface area contributed by atoms with Crippen molar-refractivity contribution in [2.24, 2.45) is 5.90 Å². The van der Waals surface area contributed by atoms with Gasteiger partial charge in [0.15, 0.2) is 11.5 Å². The molecule has 0 aliphatic rings. The lowest BCUT2D eigenvalue weighted by Crippen LogP contribution is -2.11. The monoisotopic (exact) mass is 491 g/mol. The maximum atomic E-state index is 13.3. The molecule has 1 unspecified atom stereocenters. The van der Waals surface area contributed by atoms with E-state index in [1.165, 1.54) is 6.92 Å². The largest absolute Gasteiger partial charge is 0.488 e. The minimum absolute atomic E-state index is 0.132. The van der Waals surface area contributed by atoms with E-state index in [-0.39, 0.29) is 12.4 Å². The highest BCUT2D eigenvalue weighted by atomic mass is 32.2. The summed E-state index contributed by atoms with van der Waals surface area (Å²) in [4.78, 5) is 18.3. The standard InChI is InChI=1S/C25H25N5O4S/c1-3-6-22-23(12-11-21(16(2)31)24(22)34-26)33-15-17-7-4-9-19(13-17)35(32)20-10-5-8-18(14-20)25-27-29-30-28-25/h4-5,7-14H,3,6,15,26H2,1-2H3,(H,27,28,29,30). The van der Waals surface area contributed by atoms with Crippen molar-refractivity contribution in [1.29, 1.82) is 0 Å². The molecular formula is C25H25N5O4S. The molecule has 3 N–H and O–H groups in total. The van der Waals surface area contributed by atoms with E-state index in [1.54, 1.807) is 24.3 Å². The van der Waals surface area contributed by atoms with Crippen LogP contribution in [0.15, 0.2) is 70.5 Å². The molecule has 0 aliphatic carbocycles. The number of hydrogen-bond acceptors (Lipinski definition) is 8. The molecule has 1 heterocycles. The van der Waals surface area contributed by atoms with Crippen LogP contribution in [0, 0.1) is 0 Å².